The third-order valence-corrected chi connectivity index (χ3v) is 13.2. The van der Waals surface area contributed by atoms with E-state index in [1.807, 2.05) is 12.1 Å². The van der Waals surface area contributed by atoms with E-state index in [-0.39, 0.29) is 0 Å². The lowest BCUT2D eigenvalue weighted by Crippen LogP contribution is -2.11. The Balaban J connectivity index is 0.974. The molecule has 2 aromatic heterocycles. The summed E-state index contributed by atoms with van der Waals surface area (Å²) in [6.07, 6.45) is 0. The minimum Gasteiger partial charge on any atom is -0.455 e. The molecule has 0 aliphatic heterocycles. The number of rotatable bonds is 7. The Morgan fingerprint density at radius 2 is 0.877 bits per heavy atom. The Labute approximate surface area is 376 Å². The topological polar surface area (TPSA) is 21.3 Å². The molecule has 13 rings (SSSR count). The average Bonchev–Trinajstić information content (AvgIpc) is 3.93. The number of hydrogen-bond donors (Lipinski definition) is 0. The van der Waals surface area contributed by atoms with Gasteiger partial charge in [0.15, 0.2) is 0 Å². The van der Waals surface area contributed by atoms with E-state index in [1.54, 1.807) is 0 Å². The Kier molecular flexibility index (Phi) is 8.53. The summed E-state index contributed by atoms with van der Waals surface area (Å²) >= 11 is 0. The van der Waals surface area contributed by atoms with Crippen molar-refractivity contribution in [3.63, 3.8) is 0 Å². The molecule has 65 heavy (non-hydrogen) atoms. The molecule has 0 radical (unpaired) electrons. The molecule has 0 aliphatic rings. The van der Waals surface area contributed by atoms with E-state index in [1.165, 1.54) is 48.9 Å². The quantitative estimate of drug-likeness (QED) is 0.149. The monoisotopic (exact) mass is 828 g/mol. The highest BCUT2D eigenvalue weighted by Gasteiger charge is 2.21. The Morgan fingerprint density at radius 3 is 1.68 bits per heavy atom. The highest BCUT2D eigenvalue weighted by atomic mass is 16.3. The highest BCUT2D eigenvalue weighted by Crippen LogP contribution is 2.45. The smallest absolute Gasteiger partial charge is 0.143 e. The second-order valence-electron chi connectivity index (χ2n) is 16.8. The minimum absolute atomic E-state index is 0.900. The van der Waals surface area contributed by atoms with E-state index < -0.39 is 0 Å². The van der Waals surface area contributed by atoms with E-state index in [4.69, 9.17) is 4.42 Å². The fourth-order valence-corrected chi connectivity index (χ4v) is 10.2. The van der Waals surface area contributed by atoms with Crippen LogP contribution < -0.4 is 4.90 Å². The first-order valence-electron chi connectivity index (χ1n) is 22.2. The van der Waals surface area contributed by atoms with E-state index in [0.29, 0.717) is 0 Å². The van der Waals surface area contributed by atoms with Crippen molar-refractivity contribution in [3.05, 3.63) is 243 Å². The van der Waals surface area contributed by atoms with Gasteiger partial charge >= 0.3 is 0 Å². The summed E-state index contributed by atoms with van der Waals surface area (Å²) in [5.74, 6) is 0. The van der Waals surface area contributed by atoms with Crippen molar-refractivity contribution in [2.24, 2.45) is 0 Å². The summed E-state index contributed by atoms with van der Waals surface area (Å²) in [5.41, 5.74) is 15.4. The summed E-state index contributed by atoms with van der Waals surface area (Å²) < 4.78 is 8.91. The number of fused-ring (bicyclic) bond motifs is 9. The van der Waals surface area contributed by atoms with Crippen LogP contribution >= 0.6 is 0 Å². The Bertz CT molecular complexity index is 3910. The van der Waals surface area contributed by atoms with Gasteiger partial charge in [-0.2, -0.15) is 0 Å². The second-order valence-corrected chi connectivity index (χ2v) is 16.8. The molecule has 0 aliphatic carbocycles. The molecule has 0 saturated heterocycles. The van der Waals surface area contributed by atoms with Gasteiger partial charge in [0.05, 0.1) is 22.4 Å². The zero-order chi connectivity index (χ0) is 42.8. The predicted octanol–water partition coefficient (Wildman–Crippen LogP) is 17.5. The maximum Gasteiger partial charge on any atom is 0.143 e. The van der Waals surface area contributed by atoms with Gasteiger partial charge in [-0.3, -0.25) is 0 Å². The summed E-state index contributed by atoms with van der Waals surface area (Å²) in [4.78, 5) is 2.42. The number of furan rings is 1. The van der Waals surface area contributed by atoms with Crippen LogP contribution in [0.2, 0.25) is 0 Å². The molecule has 3 nitrogen and oxygen atoms in total. The van der Waals surface area contributed by atoms with Crippen LogP contribution in [0.25, 0.3) is 104 Å². The molecular formula is C62H40N2O. The molecule has 0 spiro atoms. The predicted molar refractivity (Wildman–Crippen MR) is 274 cm³/mol. The number of benzene rings is 11. The van der Waals surface area contributed by atoms with Crippen molar-refractivity contribution in [1.29, 1.82) is 0 Å². The van der Waals surface area contributed by atoms with Gasteiger partial charge < -0.3 is 13.9 Å². The van der Waals surface area contributed by atoms with Gasteiger partial charge in [-0.05, 0) is 98.9 Å². The first-order chi connectivity index (χ1) is 32.2. The molecule has 13 aromatic rings. The lowest BCUT2D eigenvalue weighted by atomic mass is 9.95. The van der Waals surface area contributed by atoms with Crippen molar-refractivity contribution in [2.75, 3.05) is 4.90 Å². The number of anilines is 3. The minimum atomic E-state index is 0.900. The maximum atomic E-state index is 6.49. The van der Waals surface area contributed by atoms with Gasteiger partial charge in [-0.15, -0.1) is 0 Å². The summed E-state index contributed by atoms with van der Waals surface area (Å²) in [6, 6.07) is 87.8. The number of nitrogens with zero attached hydrogens (tertiary/aromatic N) is 2. The zero-order valence-corrected chi connectivity index (χ0v) is 35.4. The van der Waals surface area contributed by atoms with Gasteiger partial charge in [0.2, 0.25) is 0 Å². The van der Waals surface area contributed by atoms with Crippen LogP contribution in [0, 0.1) is 0 Å². The van der Waals surface area contributed by atoms with Gasteiger partial charge in [-0.1, -0.05) is 182 Å². The molecule has 0 bridgehead atoms. The molecule has 3 heteroatoms. The first-order valence-corrected chi connectivity index (χ1v) is 22.2. The fraction of sp³-hybridized carbons (Fsp3) is 0. The Morgan fingerprint density at radius 1 is 0.323 bits per heavy atom. The molecule has 0 atom stereocenters. The molecule has 304 valence electrons. The molecule has 0 N–H and O–H groups in total. The second kappa shape index (κ2) is 15.0. The molecule has 2 heterocycles. The molecule has 0 saturated carbocycles. The average molecular weight is 829 g/mol. The van der Waals surface area contributed by atoms with Gasteiger partial charge in [0, 0.05) is 49.6 Å². The first kappa shape index (κ1) is 36.9. The fourth-order valence-electron chi connectivity index (χ4n) is 10.2. The van der Waals surface area contributed by atoms with Gasteiger partial charge in [0.1, 0.15) is 11.2 Å². The van der Waals surface area contributed by atoms with Crippen LogP contribution in [0.1, 0.15) is 0 Å². The zero-order valence-electron chi connectivity index (χ0n) is 35.4. The van der Waals surface area contributed by atoms with Crippen molar-refractivity contribution in [1.82, 2.24) is 4.57 Å². The lowest BCUT2D eigenvalue weighted by Gasteiger charge is -2.28. The highest BCUT2D eigenvalue weighted by molar-refractivity contribution is 6.12. The third kappa shape index (κ3) is 6.05. The van der Waals surface area contributed by atoms with E-state index in [2.05, 4.69) is 240 Å². The van der Waals surface area contributed by atoms with Crippen molar-refractivity contribution in [3.8, 4) is 39.1 Å². The van der Waals surface area contributed by atoms with E-state index >= 15 is 0 Å². The van der Waals surface area contributed by atoms with E-state index in [0.717, 1.165) is 72.5 Å². The van der Waals surface area contributed by atoms with E-state index in [9.17, 15) is 0 Å². The number of hydrogen-bond acceptors (Lipinski definition) is 2. The van der Waals surface area contributed by atoms with Crippen LogP contribution in [-0.4, -0.2) is 4.57 Å². The Hall–Kier alpha value is -8.66. The molecule has 11 aromatic carbocycles. The number of aromatic nitrogens is 1. The van der Waals surface area contributed by atoms with Crippen LogP contribution in [-0.2, 0) is 0 Å². The molecule has 0 unspecified atom stereocenters. The number of para-hydroxylation sites is 6. The lowest BCUT2D eigenvalue weighted by molar-refractivity contribution is 0.670. The summed E-state index contributed by atoms with van der Waals surface area (Å²) in [7, 11) is 0. The van der Waals surface area contributed by atoms with Crippen molar-refractivity contribution in [2.45, 2.75) is 0 Å². The van der Waals surface area contributed by atoms with Crippen molar-refractivity contribution >= 4 is 82.4 Å². The van der Waals surface area contributed by atoms with Gasteiger partial charge in [-0.25, -0.2) is 0 Å². The van der Waals surface area contributed by atoms with Crippen molar-refractivity contribution < 1.29 is 4.42 Å². The van der Waals surface area contributed by atoms with Crippen LogP contribution in [0.3, 0.4) is 0 Å². The normalized spacial score (nSPS) is 11.7. The molecular weight excluding hydrogens is 789 g/mol. The maximum absolute atomic E-state index is 6.49. The summed E-state index contributed by atoms with van der Waals surface area (Å²) in [6.45, 7) is 0. The third-order valence-electron chi connectivity index (χ3n) is 13.2. The largest absolute Gasteiger partial charge is 0.455 e. The van der Waals surface area contributed by atoms with Crippen LogP contribution in [0.15, 0.2) is 247 Å². The summed E-state index contributed by atoms with van der Waals surface area (Å²) in [5, 5.41) is 9.66. The standard InChI is InChI=1S/C62H40N2O/c1-2-18-48-41(15-1)31-32-43-35-38-47(40-56(43)48)63(46-36-33-42(34-37-46)51-24-14-25-55-54-23-7-12-30-61(54)65-62(51)55)57-26-8-3-19-49(57)44-16-13-17-45(39-44)50-20-4-9-27-58(50)64-59-28-10-5-21-52(59)53-22-6-11-29-60(53)64/h1-40H. The SMILES string of the molecule is c1cc(-c2ccccc2N(c2ccc(-c3cccc4c3oc3ccccc34)cc2)c2ccc3ccc4ccccc4c3c2)cc(-c2ccccc2-n2c3ccccc3c3ccccc32)c1. The van der Waals surface area contributed by atoms with Crippen LogP contribution in [0.5, 0.6) is 0 Å². The van der Waals surface area contributed by atoms with Crippen LogP contribution in [0.4, 0.5) is 17.1 Å². The molecule has 0 fully saturated rings. The molecule has 0 amide bonds. The van der Waals surface area contributed by atoms with Gasteiger partial charge in [0.25, 0.3) is 0 Å².